The molecule has 0 aromatic heterocycles. The van der Waals surface area contributed by atoms with Crippen LogP contribution in [0.25, 0.3) is 0 Å². The molecule has 0 fully saturated rings. The summed E-state index contributed by atoms with van der Waals surface area (Å²) in [6, 6.07) is 0. The van der Waals surface area contributed by atoms with E-state index in [1.807, 2.05) is 0 Å². The molecular formula is C19H36O12. The third-order valence-electron chi connectivity index (χ3n) is 3.29. The quantitative estimate of drug-likeness (QED) is 0.164. The van der Waals surface area contributed by atoms with E-state index in [0.29, 0.717) is 85.9 Å². The van der Waals surface area contributed by atoms with Crippen molar-refractivity contribution in [1.82, 2.24) is 0 Å². The SMILES string of the molecule is O=C(O)CCOCCOCCOCCOCCOCCOCCOCCOCC(=O)O. The minimum absolute atomic E-state index is 0.00617. The summed E-state index contributed by atoms with van der Waals surface area (Å²) >= 11 is 0. The van der Waals surface area contributed by atoms with Crippen LogP contribution in [-0.2, 0) is 47.5 Å². The number of carboxylic acids is 2. The van der Waals surface area contributed by atoms with Crippen molar-refractivity contribution < 1.29 is 57.7 Å². The van der Waals surface area contributed by atoms with Gasteiger partial charge in [0.05, 0.1) is 106 Å². The lowest BCUT2D eigenvalue weighted by Gasteiger charge is -2.08. The molecule has 0 aromatic carbocycles. The molecular weight excluding hydrogens is 420 g/mol. The number of carboxylic acid groups (broad SMARTS) is 2. The van der Waals surface area contributed by atoms with Gasteiger partial charge in [0, 0.05) is 0 Å². The molecule has 0 saturated carbocycles. The summed E-state index contributed by atoms with van der Waals surface area (Å²) in [5, 5.41) is 16.8. The van der Waals surface area contributed by atoms with Crippen molar-refractivity contribution in [3.05, 3.63) is 0 Å². The molecule has 0 aliphatic carbocycles. The van der Waals surface area contributed by atoms with Gasteiger partial charge in [-0.25, -0.2) is 4.79 Å². The lowest BCUT2D eigenvalue weighted by atomic mass is 10.5. The van der Waals surface area contributed by atoms with Gasteiger partial charge in [-0.2, -0.15) is 0 Å². The summed E-state index contributed by atoms with van der Waals surface area (Å²) in [6.45, 7) is 5.68. The van der Waals surface area contributed by atoms with Crippen molar-refractivity contribution in [3.63, 3.8) is 0 Å². The molecule has 0 atom stereocenters. The van der Waals surface area contributed by atoms with Gasteiger partial charge < -0.3 is 48.1 Å². The van der Waals surface area contributed by atoms with Crippen molar-refractivity contribution in [2.45, 2.75) is 6.42 Å². The molecule has 12 nitrogen and oxygen atoms in total. The molecule has 0 rings (SSSR count). The van der Waals surface area contributed by atoms with Crippen molar-refractivity contribution >= 4 is 11.9 Å². The first-order chi connectivity index (χ1) is 15.1. The van der Waals surface area contributed by atoms with Crippen molar-refractivity contribution in [2.75, 3.05) is 106 Å². The van der Waals surface area contributed by atoms with Crippen LogP contribution in [0.15, 0.2) is 0 Å². The minimum atomic E-state index is -1.00. The molecule has 0 radical (unpaired) electrons. The molecule has 0 aromatic rings. The van der Waals surface area contributed by atoms with E-state index >= 15 is 0 Å². The Morgan fingerprint density at radius 3 is 0.903 bits per heavy atom. The summed E-state index contributed by atoms with van der Waals surface area (Å²) in [6.07, 6.45) is -0.00617. The first kappa shape index (κ1) is 29.6. The highest BCUT2D eigenvalue weighted by molar-refractivity contribution is 5.68. The van der Waals surface area contributed by atoms with Crippen molar-refractivity contribution in [2.24, 2.45) is 0 Å². The number of ether oxygens (including phenoxy) is 8. The van der Waals surface area contributed by atoms with Crippen LogP contribution in [0, 0.1) is 0 Å². The van der Waals surface area contributed by atoms with Crippen LogP contribution in [0.4, 0.5) is 0 Å². The van der Waals surface area contributed by atoms with Gasteiger partial charge >= 0.3 is 11.9 Å². The smallest absolute Gasteiger partial charge is 0.329 e. The van der Waals surface area contributed by atoms with E-state index in [0.717, 1.165) is 0 Å². The summed E-state index contributed by atoms with van der Waals surface area (Å²) < 4.78 is 41.8. The molecule has 0 spiro atoms. The van der Waals surface area contributed by atoms with Gasteiger partial charge in [0.25, 0.3) is 0 Å². The van der Waals surface area contributed by atoms with Gasteiger partial charge in [0.2, 0.25) is 0 Å². The number of carbonyl (C=O) groups is 2. The topological polar surface area (TPSA) is 148 Å². The van der Waals surface area contributed by atoms with Crippen LogP contribution in [0.5, 0.6) is 0 Å². The molecule has 0 bridgehead atoms. The average molecular weight is 456 g/mol. The first-order valence-corrected chi connectivity index (χ1v) is 10.2. The van der Waals surface area contributed by atoms with Gasteiger partial charge in [-0.3, -0.25) is 4.79 Å². The van der Waals surface area contributed by atoms with Gasteiger partial charge in [-0.1, -0.05) is 0 Å². The molecule has 0 amide bonds. The second-order valence-electron chi connectivity index (χ2n) is 5.88. The maximum absolute atomic E-state index is 10.3. The van der Waals surface area contributed by atoms with E-state index in [9.17, 15) is 9.59 Å². The summed E-state index contributed by atoms with van der Waals surface area (Å²) in [5.74, 6) is -1.88. The number of hydrogen-bond donors (Lipinski definition) is 2. The van der Waals surface area contributed by atoms with E-state index in [-0.39, 0.29) is 26.2 Å². The Morgan fingerprint density at radius 1 is 0.387 bits per heavy atom. The monoisotopic (exact) mass is 456 g/mol. The molecule has 0 saturated heterocycles. The second kappa shape index (κ2) is 24.9. The summed E-state index contributed by atoms with van der Waals surface area (Å²) in [4.78, 5) is 20.5. The van der Waals surface area contributed by atoms with Crippen LogP contribution in [0.2, 0.25) is 0 Å². The van der Waals surface area contributed by atoms with E-state index < -0.39 is 11.9 Å². The second-order valence-corrected chi connectivity index (χ2v) is 5.88. The molecule has 12 heteroatoms. The molecule has 2 N–H and O–H groups in total. The van der Waals surface area contributed by atoms with Gasteiger partial charge in [0.1, 0.15) is 6.61 Å². The van der Waals surface area contributed by atoms with Crippen molar-refractivity contribution in [1.29, 1.82) is 0 Å². The Balaban J connectivity index is 3.02. The molecule has 0 aliphatic heterocycles. The third kappa shape index (κ3) is 28.6. The van der Waals surface area contributed by atoms with E-state index in [1.54, 1.807) is 0 Å². The highest BCUT2D eigenvalue weighted by atomic mass is 16.6. The zero-order valence-corrected chi connectivity index (χ0v) is 18.0. The fraction of sp³-hybridized carbons (Fsp3) is 0.895. The molecule has 0 aliphatic rings. The number of rotatable bonds is 26. The van der Waals surface area contributed by atoms with Crippen LogP contribution in [0.1, 0.15) is 6.42 Å². The third-order valence-corrected chi connectivity index (χ3v) is 3.29. The lowest BCUT2D eigenvalue weighted by molar-refractivity contribution is -0.143. The molecule has 0 unspecified atom stereocenters. The summed E-state index contributed by atoms with van der Waals surface area (Å²) in [5.41, 5.74) is 0. The Bertz CT molecular complexity index is 371. The predicted molar refractivity (Wildman–Crippen MR) is 106 cm³/mol. The van der Waals surface area contributed by atoms with Gasteiger partial charge in [-0.15, -0.1) is 0 Å². The largest absolute Gasteiger partial charge is 0.481 e. The first-order valence-electron chi connectivity index (χ1n) is 10.2. The van der Waals surface area contributed by atoms with Crippen molar-refractivity contribution in [3.8, 4) is 0 Å². The maximum Gasteiger partial charge on any atom is 0.329 e. The van der Waals surface area contributed by atoms with Gasteiger partial charge in [0.15, 0.2) is 0 Å². The Morgan fingerprint density at radius 2 is 0.645 bits per heavy atom. The number of aliphatic carboxylic acids is 2. The Kier molecular flexibility index (Phi) is 23.8. The highest BCUT2D eigenvalue weighted by Gasteiger charge is 1.98. The number of hydrogen-bond acceptors (Lipinski definition) is 10. The Hall–Kier alpha value is -1.38. The zero-order valence-electron chi connectivity index (χ0n) is 18.0. The fourth-order valence-electron chi connectivity index (χ4n) is 1.86. The summed E-state index contributed by atoms with van der Waals surface area (Å²) in [7, 11) is 0. The van der Waals surface area contributed by atoms with Crippen LogP contribution in [0.3, 0.4) is 0 Å². The molecule has 31 heavy (non-hydrogen) atoms. The Labute approximate surface area is 182 Å². The van der Waals surface area contributed by atoms with E-state index in [4.69, 9.17) is 48.1 Å². The standard InChI is InChI=1S/C19H36O12/c20-18(21)1-2-24-3-4-25-5-6-26-7-8-27-9-10-28-11-12-29-13-14-30-15-16-31-17-19(22)23/h1-17H2,(H,20,21)(H,22,23). The lowest BCUT2D eigenvalue weighted by Crippen LogP contribution is -2.15. The fourth-order valence-corrected chi connectivity index (χ4v) is 1.86. The highest BCUT2D eigenvalue weighted by Crippen LogP contribution is 1.86. The molecule has 0 heterocycles. The maximum atomic E-state index is 10.3. The van der Waals surface area contributed by atoms with E-state index in [1.165, 1.54) is 0 Å². The van der Waals surface area contributed by atoms with Crippen LogP contribution < -0.4 is 0 Å². The normalized spacial score (nSPS) is 11.1. The van der Waals surface area contributed by atoms with Crippen LogP contribution in [-0.4, -0.2) is 128 Å². The molecule has 184 valence electrons. The average Bonchev–Trinajstić information content (AvgIpc) is 2.73. The predicted octanol–water partition coefficient (Wildman–Crippen LogP) is -0.321. The zero-order chi connectivity index (χ0) is 22.8. The van der Waals surface area contributed by atoms with Crippen LogP contribution >= 0.6 is 0 Å². The van der Waals surface area contributed by atoms with E-state index in [2.05, 4.69) is 0 Å². The van der Waals surface area contributed by atoms with Gasteiger partial charge in [-0.05, 0) is 0 Å². The minimum Gasteiger partial charge on any atom is -0.481 e.